The third kappa shape index (κ3) is 3.40. The van der Waals surface area contributed by atoms with Crippen molar-refractivity contribution in [3.05, 3.63) is 23.8 Å². The summed E-state index contributed by atoms with van der Waals surface area (Å²) in [7, 11) is -3.77. The second kappa shape index (κ2) is 5.46. The summed E-state index contributed by atoms with van der Waals surface area (Å²) < 4.78 is 26.0. The van der Waals surface area contributed by atoms with Gasteiger partial charge in [-0.3, -0.25) is 0 Å². The van der Waals surface area contributed by atoms with Gasteiger partial charge in [0.15, 0.2) is 0 Å². The predicted molar refractivity (Wildman–Crippen MR) is 63.9 cm³/mol. The van der Waals surface area contributed by atoms with Crippen molar-refractivity contribution in [2.75, 3.05) is 18.9 Å². The molecule has 0 saturated heterocycles. The molecule has 0 spiro atoms. The molecule has 1 rings (SSSR count). The van der Waals surface area contributed by atoms with Crippen molar-refractivity contribution in [3.8, 4) is 0 Å². The summed E-state index contributed by atoms with van der Waals surface area (Å²) in [6, 6.07) is 4.78. The largest absolute Gasteiger partial charge is 0.398 e. The maximum atomic E-state index is 11.9. The number of hydrogen-bond donors (Lipinski definition) is 4. The van der Waals surface area contributed by atoms with E-state index >= 15 is 0 Å². The Labute approximate surface area is 100 Å². The lowest BCUT2D eigenvalue weighted by atomic mass is 10.2. The lowest BCUT2D eigenvalue weighted by Crippen LogP contribution is -2.34. The molecule has 0 fully saturated rings. The van der Waals surface area contributed by atoms with Gasteiger partial charge in [0.25, 0.3) is 0 Å². The number of aryl methyl sites for hydroxylation is 1. The number of nitrogens with one attached hydrogen (secondary N) is 1. The van der Waals surface area contributed by atoms with Gasteiger partial charge in [0, 0.05) is 6.54 Å². The van der Waals surface area contributed by atoms with Gasteiger partial charge in [0.1, 0.15) is 4.90 Å². The maximum absolute atomic E-state index is 11.9. The zero-order valence-electron chi connectivity index (χ0n) is 9.42. The summed E-state index contributed by atoms with van der Waals surface area (Å²) in [5, 5.41) is 17.7. The van der Waals surface area contributed by atoms with Crippen LogP contribution in [0.3, 0.4) is 0 Å². The third-order valence-electron chi connectivity index (χ3n) is 2.23. The first-order chi connectivity index (χ1) is 7.88. The van der Waals surface area contributed by atoms with E-state index in [1.165, 1.54) is 6.07 Å². The van der Waals surface area contributed by atoms with Crippen LogP contribution < -0.4 is 10.5 Å². The van der Waals surface area contributed by atoms with Crippen molar-refractivity contribution in [1.29, 1.82) is 0 Å². The zero-order chi connectivity index (χ0) is 13.1. The topological polar surface area (TPSA) is 113 Å². The van der Waals surface area contributed by atoms with Crippen LogP contribution in [0.5, 0.6) is 0 Å². The molecule has 0 saturated carbocycles. The normalized spacial score (nSPS) is 13.6. The standard InChI is InChI=1S/C10H16N2O4S/c1-7-3-2-4-9(11)10(7)17(15,16)12-5-8(14)6-13/h2-4,8,12-14H,5-6,11H2,1H3. The molecule has 5 N–H and O–H groups in total. The molecular formula is C10H16N2O4S. The van der Waals surface area contributed by atoms with E-state index in [0.29, 0.717) is 5.56 Å². The molecule has 0 aliphatic heterocycles. The number of aliphatic hydroxyl groups is 2. The monoisotopic (exact) mass is 260 g/mol. The number of hydrogen-bond acceptors (Lipinski definition) is 5. The number of sulfonamides is 1. The molecule has 1 aromatic rings. The predicted octanol–water partition coefficient (Wildman–Crippen LogP) is -0.791. The number of rotatable bonds is 5. The molecule has 0 aliphatic carbocycles. The molecule has 0 bridgehead atoms. The van der Waals surface area contributed by atoms with Crippen molar-refractivity contribution >= 4 is 15.7 Å². The number of nitrogen functional groups attached to an aromatic ring is 1. The molecule has 7 heteroatoms. The van der Waals surface area contributed by atoms with Crippen LogP contribution in [0.2, 0.25) is 0 Å². The fourth-order valence-electron chi connectivity index (χ4n) is 1.38. The summed E-state index contributed by atoms with van der Waals surface area (Å²) >= 11 is 0. The average molecular weight is 260 g/mol. The van der Waals surface area contributed by atoms with Crippen LogP contribution >= 0.6 is 0 Å². The van der Waals surface area contributed by atoms with Crippen molar-refractivity contribution < 1.29 is 18.6 Å². The van der Waals surface area contributed by atoms with Crippen LogP contribution in [0.25, 0.3) is 0 Å². The SMILES string of the molecule is Cc1cccc(N)c1S(=O)(=O)NCC(O)CO. The van der Waals surface area contributed by atoms with Crippen molar-refractivity contribution in [3.63, 3.8) is 0 Å². The van der Waals surface area contributed by atoms with Gasteiger partial charge in [-0.25, -0.2) is 13.1 Å². The minimum Gasteiger partial charge on any atom is -0.398 e. The number of aliphatic hydroxyl groups excluding tert-OH is 2. The van der Waals surface area contributed by atoms with E-state index < -0.39 is 22.7 Å². The second-order valence-electron chi connectivity index (χ2n) is 3.68. The first kappa shape index (κ1) is 13.9. The van der Waals surface area contributed by atoms with E-state index in [4.69, 9.17) is 15.9 Å². The van der Waals surface area contributed by atoms with Gasteiger partial charge < -0.3 is 15.9 Å². The third-order valence-corrected chi connectivity index (χ3v) is 3.87. The lowest BCUT2D eigenvalue weighted by Gasteiger charge is -2.13. The molecule has 0 aliphatic rings. The molecule has 1 atom stereocenters. The summed E-state index contributed by atoms with van der Waals surface area (Å²) in [6.45, 7) is 0.867. The zero-order valence-corrected chi connectivity index (χ0v) is 10.2. The molecule has 96 valence electrons. The maximum Gasteiger partial charge on any atom is 0.242 e. The highest BCUT2D eigenvalue weighted by molar-refractivity contribution is 7.89. The van der Waals surface area contributed by atoms with Crippen molar-refractivity contribution in [2.45, 2.75) is 17.9 Å². The van der Waals surface area contributed by atoms with Crippen LogP contribution in [0.15, 0.2) is 23.1 Å². The Hall–Kier alpha value is -1.15. The summed E-state index contributed by atoms with van der Waals surface area (Å²) in [5.41, 5.74) is 6.29. The fourth-order valence-corrected chi connectivity index (χ4v) is 2.81. The van der Waals surface area contributed by atoms with Crippen LogP contribution in [-0.2, 0) is 10.0 Å². The van der Waals surface area contributed by atoms with Crippen LogP contribution in [-0.4, -0.2) is 37.9 Å². The van der Waals surface area contributed by atoms with Gasteiger partial charge in [-0.15, -0.1) is 0 Å². The van der Waals surface area contributed by atoms with Crippen LogP contribution in [0.4, 0.5) is 5.69 Å². The molecule has 1 aromatic carbocycles. The highest BCUT2D eigenvalue weighted by atomic mass is 32.2. The van der Waals surface area contributed by atoms with E-state index in [2.05, 4.69) is 4.72 Å². The van der Waals surface area contributed by atoms with Gasteiger partial charge in [0.05, 0.1) is 18.4 Å². The van der Waals surface area contributed by atoms with Crippen LogP contribution in [0.1, 0.15) is 5.56 Å². The summed E-state index contributed by atoms with van der Waals surface area (Å²) in [4.78, 5) is 0.00476. The van der Waals surface area contributed by atoms with E-state index in [9.17, 15) is 8.42 Å². The first-order valence-electron chi connectivity index (χ1n) is 5.02. The number of benzene rings is 1. The van der Waals surface area contributed by atoms with E-state index in [-0.39, 0.29) is 17.1 Å². The van der Waals surface area contributed by atoms with E-state index in [1.54, 1.807) is 19.1 Å². The van der Waals surface area contributed by atoms with Gasteiger partial charge in [-0.2, -0.15) is 0 Å². The second-order valence-corrected chi connectivity index (χ2v) is 5.39. The molecule has 0 aromatic heterocycles. The average Bonchev–Trinajstić information content (AvgIpc) is 2.25. The van der Waals surface area contributed by atoms with E-state index in [0.717, 1.165) is 0 Å². The van der Waals surface area contributed by atoms with Gasteiger partial charge in [0.2, 0.25) is 10.0 Å². The van der Waals surface area contributed by atoms with Gasteiger partial charge in [-0.05, 0) is 18.6 Å². The molecule has 0 amide bonds. The molecule has 0 radical (unpaired) electrons. The molecule has 0 heterocycles. The Balaban J connectivity index is 2.98. The summed E-state index contributed by atoms with van der Waals surface area (Å²) in [6.07, 6.45) is -1.13. The fraction of sp³-hybridized carbons (Fsp3) is 0.400. The molecule has 1 unspecified atom stereocenters. The van der Waals surface area contributed by atoms with Crippen LogP contribution in [0, 0.1) is 6.92 Å². The smallest absolute Gasteiger partial charge is 0.242 e. The highest BCUT2D eigenvalue weighted by Crippen LogP contribution is 2.21. The first-order valence-corrected chi connectivity index (χ1v) is 6.50. The van der Waals surface area contributed by atoms with Crippen molar-refractivity contribution in [1.82, 2.24) is 4.72 Å². The number of nitrogens with two attached hydrogens (primary N) is 1. The van der Waals surface area contributed by atoms with E-state index in [1.807, 2.05) is 0 Å². The number of anilines is 1. The Bertz CT molecular complexity index is 467. The quantitative estimate of drug-likeness (QED) is 0.518. The highest BCUT2D eigenvalue weighted by Gasteiger charge is 2.20. The Morgan fingerprint density at radius 2 is 2.12 bits per heavy atom. The Morgan fingerprint density at radius 3 is 2.65 bits per heavy atom. The molecular weight excluding hydrogens is 244 g/mol. The minimum absolute atomic E-state index is 0.00476. The summed E-state index contributed by atoms with van der Waals surface area (Å²) in [5.74, 6) is 0. The van der Waals surface area contributed by atoms with Crippen molar-refractivity contribution in [2.24, 2.45) is 0 Å². The Kier molecular flexibility index (Phi) is 4.47. The molecule has 6 nitrogen and oxygen atoms in total. The Morgan fingerprint density at radius 1 is 1.47 bits per heavy atom. The molecule has 17 heavy (non-hydrogen) atoms. The van der Waals surface area contributed by atoms with Gasteiger partial charge >= 0.3 is 0 Å². The van der Waals surface area contributed by atoms with Gasteiger partial charge in [-0.1, -0.05) is 12.1 Å². The lowest BCUT2D eigenvalue weighted by molar-refractivity contribution is 0.0988. The minimum atomic E-state index is -3.77.